The lowest BCUT2D eigenvalue weighted by Crippen LogP contribution is -2.27. The van der Waals surface area contributed by atoms with E-state index in [0.29, 0.717) is 33.2 Å². The average Bonchev–Trinajstić information content (AvgIpc) is 3.12. The zero-order chi connectivity index (χ0) is 21.8. The lowest BCUT2D eigenvalue weighted by atomic mass is 9.97. The van der Waals surface area contributed by atoms with Crippen LogP contribution in [-0.2, 0) is 11.3 Å². The Balaban J connectivity index is 1.84. The first-order chi connectivity index (χ1) is 14.3. The highest BCUT2D eigenvalue weighted by atomic mass is 35.5. The number of aryl methyl sites for hydroxylation is 1. The first-order valence-corrected chi connectivity index (χ1v) is 9.52. The van der Waals surface area contributed by atoms with Crippen molar-refractivity contribution in [3.8, 4) is 0 Å². The molecule has 1 amide bonds. The monoisotopic (exact) mass is 425 g/mol. The number of amides is 1. The quantitative estimate of drug-likeness (QED) is 0.428. The Morgan fingerprint density at radius 2 is 1.63 bits per heavy atom. The summed E-state index contributed by atoms with van der Waals surface area (Å²) >= 11 is 5.89. The first kappa shape index (κ1) is 21.3. The fourth-order valence-electron chi connectivity index (χ4n) is 3.07. The normalized spacial score (nSPS) is 10.5. The summed E-state index contributed by atoms with van der Waals surface area (Å²) in [6.07, 6.45) is 0. The van der Waals surface area contributed by atoms with Gasteiger partial charge in [-0.1, -0.05) is 29.8 Å². The molecule has 0 atom stereocenters. The van der Waals surface area contributed by atoms with Crippen molar-refractivity contribution in [1.82, 2.24) is 4.90 Å². The minimum atomic E-state index is -0.504. The minimum absolute atomic E-state index is 0.125. The number of hydrogen-bond donors (Lipinski definition) is 0. The summed E-state index contributed by atoms with van der Waals surface area (Å²) in [7, 11) is 2.89. The van der Waals surface area contributed by atoms with Crippen LogP contribution in [-0.4, -0.2) is 36.7 Å². The minimum Gasteiger partial charge on any atom is -0.465 e. The van der Waals surface area contributed by atoms with Crippen molar-refractivity contribution >= 4 is 29.3 Å². The Kier molecular flexibility index (Phi) is 6.37. The number of esters is 1. The Morgan fingerprint density at radius 3 is 2.27 bits per heavy atom. The van der Waals surface area contributed by atoms with Crippen LogP contribution < -0.4 is 0 Å². The summed E-state index contributed by atoms with van der Waals surface area (Å²) < 4.78 is 10.3. The van der Waals surface area contributed by atoms with Gasteiger partial charge in [-0.3, -0.25) is 9.59 Å². The van der Waals surface area contributed by atoms with Crippen LogP contribution in [0.3, 0.4) is 0 Å². The largest absolute Gasteiger partial charge is 0.465 e. The molecular formula is C23H20ClNO5. The van der Waals surface area contributed by atoms with Crippen LogP contribution in [0.2, 0.25) is 5.02 Å². The SMILES string of the molecule is COC(=O)c1cc(CN(C)C(=O)c2ccccc2C(=O)c2ccc(Cl)cc2)oc1C. The van der Waals surface area contributed by atoms with Crippen molar-refractivity contribution in [1.29, 1.82) is 0 Å². The van der Waals surface area contributed by atoms with Crippen molar-refractivity contribution in [3.63, 3.8) is 0 Å². The van der Waals surface area contributed by atoms with Crippen molar-refractivity contribution < 1.29 is 23.5 Å². The molecular weight excluding hydrogens is 406 g/mol. The predicted molar refractivity (Wildman–Crippen MR) is 112 cm³/mol. The summed E-state index contributed by atoms with van der Waals surface area (Å²) in [5.41, 5.74) is 1.32. The maximum Gasteiger partial charge on any atom is 0.341 e. The number of benzene rings is 2. The van der Waals surface area contributed by atoms with Crippen LogP contribution >= 0.6 is 11.6 Å². The molecule has 0 saturated heterocycles. The maximum atomic E-state index is 13.1. The predicted octanol–water partition coefficient (Wildman–Crippen LogP) is 4.53. The Bertz CT molecular complexity index is 1100. The molecule has 0 radical (unpaired) electrons. The molecule has 2 aromatic carbocycles. The Hall–Kier alpha value is -3.38. The standard InChI is InChI=1S/C23H20ClNO5/c1-14-20(23(28)29-3)12-17(30-14)13-25(2)22(27)19-7-5-4-6-18(19)21(26)15-8-10-16(24)11-9-15/h4-12H,13H2,1-3H3. The zero-order valence-electron chi connectivity index (χ0n) is 16.8. The van der Waals surface area contributed by atoms with Gasteiger partial charge in [0.1, 0.15) is 17.1 Å². The number of carbonyl (C=O) groups is 3. The molecule has 0 aliphatic carbocycles. The van der Waals surface area contributed by atoms with Gasteiger partial charge in [0, 0.05) is 23.2 Å². The van der Waals surface area contributed by atoms with Gasteiger partial charge in [-0.2, -0.15) is 0 Å². The molecule has 3 aromatic rings. The molecule has 0 N–H and O–H groups in total. The van der Waals surface area contributed by atoms with Crippen LogP contribution in [0.5, 0.6) is 0 Å². The second kappa shape index (κ2) is 8.97. The van der Waals surface area contributed by atoms with Gasteiger partial charge in [-0.15, -0.1) is 0 Å². The van der Waals surface area contributed by atoms with E-state index in [1.807, 2.05) is 0 Å². The highest BCUT2D eigenvalue weighted by Gasteiger charge is 2.22. The lowest BCUT2D eigenvalue weighted by Gasteiger charge is -2.17. The van der Waals surface area contributed by atoms with Crippen LogP contribution in [0.1, 0.15) is 48.2 Å². The van der Waals surface area contributed by atoms with E-state index in [0.717, 1.165) is 0 Å². The van der Waals surface area contributed by atoms with E-state index in [1.165, 1.54) is 12.0 Å². The smallest absolute Gasteiger partial charge is 0.341 e. The van der Waals surface area contributed by atoms with E-state index in [2.05, 4.69) is 0 Å². The van der Waals surface area contributed by atoms with E-state index < -0.39 is 5.97 Å². The molecule has 0 bridgehead atoms. The fourth-order valence-corrected chi connectivity index (χ4v) is 3.20. The molecule has 30 heavy (non-hydrogen) atoms. The number of furan rings is 1. The number of ketones is 1. The van der Waals surface area contributed by atoms with E-state index in [1.54, 1.807) is 68.6 Å². The summed E-state index contributed by atoms with van der Waals surface area (Å²) in [4.78, 5) is 39.2. The van der Waals surface area contributed by atoms with Crippen LogP contribution in [0.4, 0.5) is 0 Å². The van der Waals surface area contributed by atoms with Crippen molar-refractivity contribution in [2.75, 3.05) is 14.2 Å². The molecule has 1 aromatic heterocycles. The zero-order valence-corrected chi connectivity index (χ0v) is 17.5. The highest BCUT2D eigenvalue weighted by Crippen LogP contribution is 2.21. The van der Waals surface area contributed by atoms with Gasteiger partial charge >= 0.3 is 5.97 Å². The third-order valence-electron chi connectivity index (χ3n) is 4.62. The van der Waals surface area contributed by atoms with Gasteiger partial charge in [-0.25, -0.2) is 4.79 Å². The number of halogens is 1. The van der Waals surface area contributed by atoms with Crippen molar-refractivity contribution in [2.24, 2.45) is 0 Å². The number of ether oxygens (including phenoxy) is 1. The maximum absolute atomic E-state index is 13.1. The van der Waals surface area contributed by atoms with Gasteiger partial charge in [0.2, 0.25) is 0 Å². The summed E-state index contributed by atoms with van der Waals surface area (Å²) in [5.74, 6) is -0.274. The third-order valence-corrected chi connectivity index (χ3v) is 4.87. The van der Waals surface area contributed by atoms with E-state index in [-0.39, 0.29) is 23.8 Å². The fraction of sp³-hybridized carbons (Fsp3) is 0.174. The average molecular weight is 426 g/mol. The molecule has 0 aliphatic rings. The third kappa shape index (κ3) is 4.44. The van der Waals surface area contributed by atoms with E-state index in [9.17, 15) is 14.4 Å². The van der Waals surface area contributed by atoms with Gasteiger partial charge in [0.05, 0.1) is 19.2 Å². The Morgan fingerprint density at radius 1 is 1.00 bits per heavy atom. The molecule has 0 saturated carbocycles. The molecule has 1 heterocycles. The van der Waals surface area contributed by atoms with Gasteiger partial charge in [0.25, 0.3) is 5.91 Å². The van der Waals surface area contributed by atoms with Crippen molar-refractivity contribution in [2.45, 2.75) is 13.5 Å². The second-order valence-electron chi connectivity index (χ2n) is 6.72. The molecule has 0 aliphatic heterocycles. The number of nitrogens with zero attached hydrogens (tertiary/aromatic N) is 1. The first-order valence-electron chi connectivity index (χ1n) is 9.14. The van der Waals surface area contributed by atoms with Crippen LogP contribution in [0, 0.1) is 6.92 Å². The number of hydrogen-bond acceptors (Lipinski definition) is 5. The Labute approximate surface area is 179 Å². The van der Waals surface area contributed by atoms with E-state index in [4.69, 9.17) is 20.8 Å². The summed E-state index contributed by atoms with van der Waals surface area (Å²) in [6.45, 7) is 1.78. The lowest BCUT2D eigenvalue weighted by molar-refractivity contribution is 0.0598. The molecule has 6 nitrogen and oxygen atoms in total. The topological polar surface area (TPSA) is 76.8 Å². The number of carbonyl (C=O) groups excluding carboxylic acids is 3. The van der Waals surface area contributed by atoms with Crippen LogP contribution in [0.25, 0.3) is 0 Å². The summed E-state index contributed by atoms with van der Waals surface area (Å²) in [5, 5.41) is 0.524. The van der Waals surface area contributed by atoms with Gasteiger partial charge in [-0.05, 0) is 43.3 Å². The summed E-state index contributed by atoms with van der Waals surface area (Å²) in [6, 6.07) is 14.7. The molecule has 154 valence electrons. The van der Waals surface area contributed by atoms with Gasteiger partial charge in [0.15, 0.2) is 5.78 Å². The molecule has 0 spiro atoms. The number of rotatable bonds is 6. The van der Waals surface area contributed by atoms with Crippen molar-refractivity contribution in [3.05, 3.63) is 93.4 Å². The number of methoxy groups -OCH3 is 1. The highest BCUT2D eigenvalue weighted by molar-refractivity contribution is 6.30. The second-order valence-corrected chi connectivity index (χ2v) is 7.15. The molecule has 0 fully saturated rings. The van der Waals surface area contributed by atoms with Gasteiger partial charge < -0.3 is 14.1 Å². The van der Waals surface area contributed by atoms with Crippen LogP contribution in [0.15, 0.2) is 59.0 Å². The van der Waals surface area contributed by atoms with E-state index >= 15 is 0 Å². The molecule has 3 rings (SSSR count). The molecule has 0 unspecified atom stereocenters. The molecule has 7 heteroatoms.